The van der Waals surface area contributed by atoms with Crippen molar-refractivity contribution in [3.05, 3.63) is 80.5 Å². The van der Waals surface area contributed by atoms with Crippen molar-refractivity contribution in [2.45, 2.75) is 12.1 Å². The Balaban J connectivity index is 2.01. The smallest absolute Gasteiger partial charge is 0.417 e. The number of aromatic hydroxyl groups is 2. The number of nitriles is 1. The maximum Gasteiger partial charge on any atom is 0.417 e. The lowest BCUT2D eigenvalue weighted by atomic mass is 9.85. The van der Waals surface area contributed by atoms with Crippen molar-refractivity contribution in [3.8, 4) is 17.6 Å². The molecule has 0 aliphatic heterocycles. The fourth-order valence-electron chi connectivity index (χ4n) is 3.58. The molecular formula is C21H12F3NO2S. The van der Waals surface area contributed by atoms with Crippen molar-refractivity contribution < 1.29 is 23.4 Å². The Morgan fingerprint density at radius 3 is 2.32 bits per heavy atom. The Labute approximate surface area is 162 Å². The normalized spacial score (nSPS) is 15.8. The number of benzene rings is 2. The van der Waals surface area contributed by atoms with Crippen LogP contribution in [0.25, 0.3) is 11.6 Å². The molecule has 1 atom stereocenters. The molecule has 1 aromatic heterocycles. The van der Waals surface area contributed by atoms with Crippen LogP contribution < -0.4 is 0 Å². The van der Waals surface area contributed by atoms with Gasteiger partial charge in [0, 0.05) is 5.92 Å². The summed E-state index contributed by atoms with van der Waals surface area (Å²) in [4.78, 5) is 0.402. The van der Waals surface area contributed by atoms with E-state index in [1.165, 1.54) is 35.6 Å². The van der Waals surface area contributed by atoms with Crippen molar-refractivity contribution in [2.75, 3.05) is 0 Å². The van der Waals surface area contributed by atoms with Gasteiger partial charge in [0.25, 0.3) is 0 Å². The van der Waals surface area contributed by atoms with Crippen LogP contribution in [-0.2, 0) is 6.18 Å². The molecule has 1 unspecified atom stereocenters. The monoisotopic (exact) mass is 399 g/mol. The van der Waals surface area contributed by atoms with E-state index in [-0.39, 0.29) is 11.3 Å². The van der Waals surface area contributed by atoms with Crippen LogP contribution in [0.4, 0.5) is 13.2 Å². The molecule has 0 radical (unpaired) electrons. The van der Waals surface area contributed by atoms with Crippen molar-refractivity contribution >= 4 is 23.0 Å². The number of alkyl halides is 3. The second-order valence-electron chi connectivity index (χ2n) is 6.39. The van der Waals surface area contributed by atoms with Gasteiger partial charge in [0.15, 0.2) is 0 Å². The van der Waals surface area contributed by atoms with E-state index in [4.69, 9.17) is 0 Å². The van der Waals surface area contributed by atoms with Crippen LogP contribution in [0.1, 0.15) is 38.6 Å². The second-order valence-corrected chi connectivity index (χ2v) is 7.31. The number of allylic oxidation sites excluding steroid dienone is 1. The molecule has 28 heavy (non-hydrogen) atoms. The average molecular weight is 399 g/mol. The van der Waals surface area contributed by atoms with Gasteiger partial charge in [-0.15, -0.1) is 11.3 Å². The van der Waals surface area contributed by atoms with Crippen LogP contribution in [0.5, 0.6) is 11.5 Å². The highest BCUT2D eigenvalue weighted by Crippen LogP contribution is 2.51. The van der Waals surface area contributed by atoms with Gasteiger partial charge in [0.1, 0.15) is 22.4 Å². The highest BCUT2D eigenvalue weighted by molar-refractivity contribution is 7.10. The third-order valence-corrected chi connectivity index (χ3v) is 5.57. The molecule has 1 heterocycles. The van der Waals surface area contributed by atoms with Gasteiger partial charge in [0.2, 0.25) is 0 Å². The summed E-state index contributed by atoms with van der Waals surface area (Å²) in [5, 5.41) is 30.6. The van der Waals surface area contributed by atoms with Gasteiger partial charge in [-0.3, -0.25) is 0 Å². The zero-order chi connectivity index (χ0) is 20.1. The minimum absolute atomic E-state index is 0.0199. The van der Waals surface area contributed by atoms with E-state index in [0.717, 1.165) is 0 Å². The van der Waals surface area contributed by atoms with E-state index in [1.807, 2.05) is 0 Å². The number of thiophene rings is 1. The maximum absolute atomic E-state index is 13.6. The van der Waals surface area contributed by atoms with E-state index >= 15 is 0 Å². The SMILES string of the molecule is N#Cc1sccc1C1C(c2ccc(O)cc2)=Cc2c1cc(O)cc2C(F)(F)F. The van der Waals surface area contributed by atoms with Gasteiger partial charge < -0.3 is 10.2 Å². The van der Waals surface area contributed by atoms with Crippen LogP contribution in [-0.4, -0.2) is 10.2 Å². The lowest BCUT2D eigenvalue weighted by molar-refractivity contribution is -0.137. The van der Waals surface area contributed by atoms with E-state index in [2.05, 4.69) is 6.07 Å². The molecule has 1 aliphatic rings. The zero-order valence-electron chi connectivity index (χ0n) is 14.2. The molecule has 7 heteroatoms. The highest BCUT2D eigenvalue weighted by Gasteiger charge is 2.39. The van der Waals surface area contributed by atoms with E-state index in [0.29, 0.717) is 33.2 Å². The minimum Gasteiger partial charge on any atom is -0.508 e. The first kappa shape index (κ1) is 18.1. The summed E-state index contributed by atoms with van der Waals surface area (Å²) in [7, 11) is 0. The Morgan fingerprint density at radius 1 is 0.964 bits per heavy atom. The first-order valence-electron chi connectivity index (χ1n) is 8.22. The number of phenolic OH excluding ortho intramolecular Hbond substituents is 2. The van der Waals surface area contributed by atoms with Crippen LogP contribution in [0.2, 0.25) is 0 Å². The summed E-state index contributed by atoms with van der Waals surface area (Å²) in [6.45, 7) is 0. The fraction of sp³-hybridized carbons (Fsp3) is 0.0952. The Morgan fingerprint density at radius 2 is 1.68 bits per heavy atom. The largest absolute Gasteiger partial charge is 0.508 e. The Kier molecular flexibility index (Phi) is 4.16. The molecule has 2 aromatic carbocycles. The van der Waals surface area contributed by atoms with E-state index in [9.17, 15) is 28.6 Å². The number of phenols is 2. The van der Waals surface area contributed by atoms with Gasteiger partial charge in [0.05, 0.1) is 5.56 Å². The lowest BCUT2D eigenvalue weighted by Gasteiger charge is -2.19. The number of rotatable bonds is 2. The molecule has 2 N–H and O–H groups in total. The number of hydrogen-bond donors (Lipinski definition) is 2. The van der Waals surface area contributed by atoms with Gasteiger partial charge in [-0.05, 0) is 69.6 Å². The van der Waals surface area contributed by atoms with Gasteiger partial charge in [-0.2, -0.15) is 18.4 Å². The number of nitrogens with zero attached hydrogens (tertiary/aromatic N) is 1. The first-order valence-corrected chi connectivity index (χ1v) is 9.10. The van der Waals surface area contributed by atoms with Crippen LogP contribution in [0.3, 0.4) is 0 Å². The number of halogens is 3. The van der Waals surface area contributed by atoms with Crippen molar-refractivity contribution in [1.82, 2.24) is 0 Å². The Hall–Kier alpha value is -3.24. The van der Waals surface area contributed by atoms with Crippen LogP contribution in [0.15, 0.2) is 47.8 Å². The summed E-state index contributed by atoms with van der Waals surface area (Å²) >= 11 is 1.21. The summed E-state index contributed by atoms with van der Waals surface area (Å²) in [5.74, 6) is -1.07. The van der Waals surface area contributed by atoms with Gasteiger partial charge >= 0.3 is 6.18 Å². The average Bonchev–Trinajstić information content (AvgIpc) is 3.24. The number of fused-ring (bicyclic) bond motifs is 1. The lowest BCUT2D eigenvalue weighted by Crippen LogP contribution is -2.09. The predicted molar refractivity (Wildman–Crippen MR) is 100.0 cm³/mol. The molecule has 4 rings (SSSR count). The third-order valence-electron chi connectivity index (χ3n) is 4.73. The molecule has 140 valence electrons. The molecule has 0 amide bonds. The highest BCUT2D eigenvalue weighted by atomic mass is 32.1. The maximum atomic E-state index is 13.6. The minimum atomic E-state index is -4.64. The first-order chi connectivity index (χ1) is 13.3. The van der Waals surface area contributed by atoms with Crippen molar-refractivity contribution in [1.29, 1.82) is 5.26 Å². The van der Waals surface area contributed by atoms with Crippen molar-refractivity contribution in [2.24, 2.45) is 0 Å². The third kappa shape index (κ3) is 2.92. The topological polar surface area (TPSA) is 64.2 Å². The second kappa shape index (κ2) is 6.43. The molecule has 3 nitrogen and oxygen atoms in total. The predicted octanol–water partition coefficient (Wildman–Crippen LogP) is 5.74. The van der Waals surface area contributed by atoms with Crippen LogP contribution in [0, 0.1) is 11.3 Å². The zero-order valence-corrected chi connectivity index (χ0v) is 15.0. The molecular weight excluding hydrogens is 387 g/mol. The molecule has 0 saturated heterocycles. The fourth-order valence-corrected chi connectivity index (χ4v) is 4.30. The van der Waals surface area contributed by atoms with Gasteiger partial charge in [-0.1, -0.05) is 12.1 Å². The molecule has 0 fully saturated rings. The van der Waals surface area contributed by atoms with Gasteiger partial charge in [-0.25, -0.2) is 0 Å². The molecule has 0 saturated carbocycles. The molecule has 0 spiro atoms. The standard InChI is InChI=1S/C21H12F3NO2S/c22-21(23,24)18-8-13(27)7-17-16(18)9-15(11-1-3-12(26)4-2-11)20(17)14-5-6-28-19(14)10-25/h1-9,20,26-27H. The van der Waals surface area contributed by atoms with Crippen LogP contribution >= 0.6 is 11.3 Å². The van der Waals surface area contributed by atoms with E-state index in [1.54, 1.807) is 23.6 Å². The summed E-state index contributed by atoms with van der Waals surface area (Å²) < 4.78 is 40.8. The van der Waals surface area contributed by atoms with Crippen molar-refractivity contribution in [3.63, 3.8) is 0 Å². The van der Waals surface area contributed by atoms with E-state index < -0.39 is 23.4 Å². The number of hydrogen-bond acceptors (Lipinski definition) is 4. The summed E-state index contributed by atoms with van der Waals surface area (Å²) in [6, 6.07) is 12.0. The molecule has 3 aromatic rings. The quantitative estimate of drug-likeness (QED) is 0.578. The molecule has 1 aliphatic carbocycles. The Bertz CT molecular complexity index is 1140. The summed E-state index contributed by atoms with van der Waals surface area (Å²) in [5.41, 5.74) is 1.14. The molecule has 0 bridgehead atoms. The summed E-state index contributed by atoms with van der Waals surface area (Å²) in [6.07, 6.45) is -3.19.